The molecular formula is C13H13BiCl2. The van der Waals surface area contributed by atoms with E-state index in [1.807, 2.05) is 48.5 Å². The van der Waals surface area contributed by atoms with Crippen molar-refractivity contribution in [3.8, 4) is 0 Å². The van der Waals surface area contributed by atoms with E-state index >= 15 is 0 Å². The molecular weight excluding hydrogens is 436 g/mol. The molecule has 0 aliphatic heterocycles. The van der Waals surface area contributed by atoms with Gasteiger partial charge in [0, 0.05) is 0 Å². The minimum absolute atomic E-state index is 1.15. The van der Waals surface area contributed by atoms with Crippen LogP contribution in [0, 0.1) is 6.92 Å². The van der Waals surface area contributed by atoms with Crippen molar-refractivity contribution in [2.45, 2.75) is 6.92 Å². The molecule has 0 saturated heterocycles. The van der Waals surface area contributed by atoms with Gasteiger partial charge < -0.3 is 0 Å². The van der Waals surface area contributed by atoms with Gasteiger partial charge in [-0.1, -0.05) is 35.9 Å². The van der Waals surface area contributed by atoms with E-state index < -0.39 is 19.4 Å². The van der Waals surface area contributed by atoms with Gasteiger partial charge in [-0.15, -0.1) is 0 Å². The summed E-state index contributed by atoms with van der Waals surface area (Å²) in [7, 11) is 11.5. The molecule has 0 atom stereocenters. The van der Waals surface area contributed by atoms with Crippen LogP contribution < -0.4 is 3.27 Å². The van der Waals surface area contributed by atoms with Gasteiger partial charge in [0.1, 0.15) is 0 Å². The summed E-state index contributed by atoms with van der Waals surface area (Å²) in [5, 5.41) is 0. The van der Waals surface area contributed by atoms with E-state index in [2.05, 4.69) is 19.1 Å². The van der Waals surface area contributed by atoms with Gasteiger partial charge in [0.15, 0.2) is 0 Å². The van der Waals surface area contributed by atoms with E-state index in [0.29, 0.717) is 0 Å². The normalized spacial score (nSPS) is 9.50. The van der Waals surface area contributed by atoms with E-state index in [0.717, 1.165) is 3.27 Å². The number of aryl methyl sites for hydroxylation is 1. The maximum absolute atomic E-state index is 5.77. The summed E-state index contributed by atoms with van der Waals surface area (Å²) < 4.78 is 1.15. The number of rotatable bonds is 1. The summed E-state index contributed by atoms with van der Waals surface area (Å²) in [6.07, 6.45) is 0. The number of halogens is 2. The Balaban J connectivity index is 0.000000165. The van der Waals surface area contributed by atoms with Crippen molar-refractivity contribution >= 4 is 39.7 Å². The summed E-state index contributed by atoms with van der Waals surface area (Å²) in [5.41, 5.74) is 1.32. The molecule has 16 heavy (non-hydrogen) atoms. The van der Waals surface area contributed by atoms with Crippen LogP contribution in [0.4, 0.5) is 0 Å². The first-order valence-electron chi connectivity index (χ1n) is 4.88. The third kappa shape index (κ3) is 5.84. The minimum atomic E-state index is -2.14. The molecule has 84 valence electrons. The zero-order chi connectivity index (χ0) is 11.8. The second-order valence-electron chi connectivity index (χ2n) is 3.22. The molecule has 2 aromatic rings. The fourth-order valence-electron chi connectivity index (χ4n) is 1.08. The van der Waals surface area contributed by atoms with Crippen LogP contribution in [-0.4, -0.2) is 19.4 Å². The molecule has 0 bridgehead atoms. The van der Waals surface area contributed by atoms with Crippen LogP contribution in [0.25, 0.3) is 0 Å². The van der Waals surface area contributed by atoms with Gasteiger partial charge in [-0.25, -0.2) is 0 Å². The average Bonchev–Trinajstić information content (AvgIpc) is 2.32. The Morgan fingerprint density at radius 3 is 1.44 bits per heavy atom. The molecule has 0 fully saturated rings. The second kappa shape index (κ2) is 8.06. The Bertz CT molecular complexity index is 387. The van der Waals surface area contributed by atoms with Crippen molar-refractivity contribution in [1.82, 2.24) is 0 Å². The average molecular weight is 449 g/mol. The molecule has 0 radical (unpaired) electrons. The van der Waals surface area contributed by atoms with Crippen LogP contribution in [0.15, 0.2) is 60.7 Å². The molecule has 0 saturated carbocycles. The van der Waals surface area contributed by atoms with Crippen LogP contribution in [0.2, 0.25) is 0 Å². The van der Waals surface area contributed by atoms with Crippen LogP contribution in [0.1, 0.15) is 5.56 Å². The molecule has 0 aliphatic rings. The first-order chi connectivity index (χ1) is 7.70. The molecule has 2 aromatic carbocycles. The molecule has 0 unspecified atom stereocenters. The molecule has 0 amide bonds. The molecule has 0 heterocycles. The second-order valence-corrected chi connectivity index (χ2v) is 14.5. The van der Waals surface area contributed by atoms with Gasteiger partial charge >= 0.3 is 70.0 Å². The fraction of sp³-hybridized carbons (Fsp3) is 0.0769. The van der Waals surface area contributed by atoms with E-state index in [1.54, 1.807) is 0 Å². The predicted molar refractivity (Wildman–Crippen MR) is 74.7 cm³/mol. The van der Waals surface area contributed by atoms with Crippen molar-refractivity contribution in [1.29, 1.82) is 0 Å². The quantitative estimate of drug-likeness (QED) is 0.581. The molecule has 0 nitrogen and oxygen atoms in total. The first kappa shape index (κ1) is 14.0. The summed E-state index contributed by atoms with van der Waals surface area (Å²) >= 11 is -2.14. The third-order valence-electron chi connectivity index (χ3n) is 1.89. The van der Waals surface area contributed by atoms with Crippen LogP contribution in [0.3, 0.4) is 0 Å². The first-order valence-corrected chi connectivity index (χ1v) is 15.2. The van der Waals surface area contributed by atoms with Crippen molar-refractivity contribution < 1.29 is 0 Å². The van der Waals surface area contributed by atoms with Gasteiger partial charge in [0.05, 0.1) is 0 Å². The number of hydrogen-bond donors (Lipinski definition) is 0. The van der Waals surface area contributed by atoms with Crippen LogP contribution >= 0.6 is 17.0 Å². The van der Waals surface area contributed by atoms with E-state index in [1.165, 1.54) is 5.56 Å². The molecule has 2 rings (SSSR count). The van der Waals surface area contributed by atoms with E-state index in [-0.39, 0.29) is 0 Å². The van der Waals surface area contributed by atoms with Gasteiger partial charge in [0.2, 0.25) is 0 Å². The van der Waals surface area contributed by atoms with Gasteiger partial charge in [-0.3, -0.25) is 0 Å². The van der Waals surface area contributed by atoms with Crippen molar-refractivity contribution in [2.24, 2.45) is 0 Å². The molecule has 0 N–H and O–H groups in total. The number of hydrogen-bond acceptors (Lipinski definition) is 0. The fourth-order valence-corrected chi connectivity index (χ4v) is 4.60. The van der Waals surface area contributed by atoms with Crippen molar-refractivity contribution in [3.05, 3.63) is 66.2 Å². The van der Waals surface area contributed by atoms with Crippen LogP contribution in [-0.2, 0) is 0 Å². The monoisotopic (exact) mass is 448 g/mol. The maximum atomic E-state index is 5.77. The predicted octanol–water partition coefficient (Wildman–Crippen LogP) is 3.85. The molecule has 3 heteroatoms. The van der Waals surface area contributed by atoms with E-state index in [4.69, 9.17) is 17.0 Å². The Labute approximate surface area is 112 Å². The zero-order valence-electron chi connectivity index (χ0n) is 8.98. The summed E-state index contributed by atoms with van der Waals surface area (Å²) in [4.78, 5) is 0. The van der Waals surface area contributed by atoms with Crippen molar-refractivity contribution in [2.75, 3.05) is 0 Å². The van der Waals surface area contributed by atoms with Gasteiger partial charge in [-0.05, 0) is 6.92 Å². The van der Waals surface area contributed by atoms with E-state index in [9.17, 15) is 0 Å². The van der Waals surface area contributed by atoms with Gasteiger partial charge in [-0.2, -0.15) is 0 Å². The Kier molecular flexibility index (Phi) is 7.04. The SMILES string of the molecule is Cc1ccccc1.[Cl][Bi]([Cl])[c]1ccccc1. The topological polar surface area (TPSA) is 0 Å². The third-order valence-corrected chi connectivity index (χ3v) is 7.99. The Morgan fingerprint density at radius 2 is 1.19 bits per heavy atom. The summed E-state index contributed by atoms with van der Waals surface area (Å²) in [6, 6.07) is 20.1. The Hall–Kier alpha value is -0.0969. The van der Waals surface area contributed by atoms with Crippen molar-refractivity contribution in [3.63, 3.8) is 0 Å². The standard InChI is InChI=1S/C7H8.C6H5.Bi.2ClH/c1-7-5-3-2-4-6-7;1-2-4-6-5-3-1;;;/h2-6H,1H3;1-5H;;2*1H/q;;+2;;/p-2. The number of benzene rings is 2. The zero-order valence-corrected chi connectivity index (χ0v) is 14.0. The molecule has 0 aromatic heterocycles. The summed E-state index contributed by atoms with van der Waals surface area (Å²) in [6.45, 7) is 2.08. The Morgan fingerprint density at radius 1 is 0.750 bits per heavy atom. The van der Waals surface area contributed by atoms with Gasteiger partial charge in [0.25, 0.3) is 0 Å². The van der Waals surface area contributed by atoms with Crippen LogP contribution in [0.5, 0.6) is 0 Å². The summed E-state index contributed by atoms with van der Waals surface area (Å²) in [5.74, 6) is 0. The molecule has 0 aliphatic carbocycles. The molecule has 0 spiro atoms.